The zero-order chi connectivity index (χ0) is 14.9. The van der Waals surface area contributed by atoms with Gasteiger partial charge in [-0.15, -0.1) is 0 Å². The molecule has 0 bridgehead atoms. The number of rotatable bonds is 3. The highest BCUT2D eigenvalue weighted by Gasteiger charge is 2.38. The van der Waals surface area contributed by atoms with E-state index >= 15 is 0 Å². The molecule has 1 unspecified atom stereocenters. The maximum Gasteiger partial charge on any atom is 0.0957 e. The minimum absolute atomic E-state index is 0.140. The van der Waals surface area contributed by atoms with Gasteiger partial charge in [-0.05, 0) is 37.5 Å². The van der Waals surface area contributed by atoms with Crippen LogP contribution in [0.15, 0.2) is 42.9 Å². The van der Waals surface area contributed by atoms with Gasteiger partial charge in [0, 0.05) is 0 Å². The third-order valence-electron chi connectivity index (χ3n) is 4.11. The highest BCUT2D eigenvalue weighted by atomic mass is 16.5. The van der Waals surface area contributed by atoms with E-state index in [9.17, 15) is 0 Å². The monoisotopic (exact) mass is 282 g/mol. The molecule has 0 amide bonds. The van der Waals surface area contributed by atoms with Crippen molar-refractivity contribution in [2.24, 2.45) is 0 Å². The molecule has 1 aliphatic heterocycles. The average molecular weight is 282 g/mol. The van der Waals surface area contributed by atoms with Crippen LogP contribution in [0.4, 0.5) is 0 Å². The van der Waals surface area contributed by atoms with Crippen molar-refractivity contribution in [1.29, 1.82) is 0 Å². The average Bonchev–Trinajstić information content (AvgIpc) is 2.92. The minimum Gasteiger partial charge on any atom is -0.368 e. The van der Waals surface area contributed by atoms with Crippen molar-refractivity contribution in [3.05, 3.63) is 59.7 Å². The molecule has 1 aliphatic rings. The van der Waals surface area contributed by atoms with Crippen LogP contribution in [0, 0.1) is 0 Å². The van der Waals surface area contributed by atoms with Crippen LogP contribution in [0.3, 0.4) is 0 Å². The van der Waals surface area contributed by atoms with E-state index in [1.165, 1.54) is 11.1 Å². The van der Waals surface area contributed by atoms with Crippen LogP contribution in [-0.4, -0.2) is 15.2 Å². The molecule has 3 heteroatoms. The van der Waals surface area contributed by atoms with Crippen molar-refractivity contribution >= 4 is 6.08 Å². The summed E-state index contributed by atoms with van der Waals surface area (Å²) >= 11 is 0. The number of ether oxygens (including phenoxy) is 1. The highest BCUT2D eigenvalue weighted by Crippen LogP contribution is 2.40. The lowest BCUT2D eigenvalue weighted by Crippen LogP contribution is -2.41. The van der Waals surface area contributed by atoms with E-state index in [4.69, 9.17) is 4.74 Å². The topological polar surface area (TPSA) is 27.1 Å². The Morgan fingerprint density at radius 3 is 3.00 bits per heavy atom. The lowest BCUT2D eigenvalue weighted by molar-refractivity contribution is -0.0686. The summed E-state index contributed by atoms with van der Waals surface area (Å²) in [4.78, 5) is 4.34. The van der Waals surface area contributed by atoms with Gasteiger partial charge in [0.05, 0.1) is 36.5 Å². The SMILES string of the molecule is CCC=Cc1cncn1C1c2ccccc2COC1(C)C. The predicted molar refractivity (Wildman–Crippen MR) is 85.0 cm³/mol. The molecule has 0 fully saturated rings. The third kappa shape index (κ3) is 2.54. The first kappa shape index (κ1) is 14.1. The van der Waals surface area contributed by atoms with E-state index in [1.54, 1.807) is 0 Å². The van der Waals surface area contributed by atoms with Crippen molar-refractivity contribution < 1.29 is 4.74 Å². The molecule has 3 rings (SSSR count). The molecule has 0 spiro atoms. The van der Waals surface area contributed by atoms with E-state index in [0.717, 1.165) is 12.1 Å². The normalized spacial score (nSPS) is 20.6. The molecule has 2 aromatic rings. The van der Waals surface area contributed by atoms with Gasteiger partial charge in [-0.2, -0.15) is 0 Å². The van der Waals surface area contributed by atoms with E-state index < -0.39 is 0 Å². The Morgan fingerprint density at radius 2 is 2.19 bits per heavy atom. The quantitative estimate of drug-likeness (QED) is 0.843. The van der Waals surface area contributed by atoms with Gasteiger partial charge < -0.3 is 9.30 Å². The maximum absolute atomic E-state index is 6.11. The number of benzene rings is 1. The molecule has 1 aromatic heterocycles. The number of fused-ring (bicyclic) bond motifs is 1. The molecule has 110 valence electrons. The van der Waals surface area contributed by atoms with E-state index in [-0.39, 0.29) is 11.6 Å². The summed E-state index contributed by atoms with van der Waals surface area (Å²) in [6, 6.07) is 8.67. The Hall–Kier alpha value is -1.87. The van der Waals surface area contributed by atoms with Gasteiger partial charge in [0.25, 0.3) is 0 Å². The zero-order valence-electron chi connectivity index (χ0n) is 12.9. The van der Waals surface area contributed by atoms with Gasteiger partial charge in [-0.3, -0.25) is 0 Å². The molecule has 2 heterocycles. The minimum atomic E-state index is -0.260. The fourth-order valence-corrected chi connectivity index (χ4v) is 3.03. The Labute approximate surface area is 126 Å². The fraction of sp³-hybridized carbons (Fsp3) is 0.389. The van der Waals surface area contributed by atoms with Crippen LogP contribution in [-0.2, 0) is 11.3 Å². The largest absolute Gasteiger partial charge is 0.368 e. The van der Waals surface area contributed by atoms with Crippen molar-refractivity contribution in [3.8, 4) is 0 Å². The van der Waals surface area contributed by atoms with Crippen LogP contribution in [0.2, 0.25) is 0 Å². The molecule has 1 aromatic carbocycles. The molecule has 0 saturated heterocycles. The molecule has 0 N–H and O–H groups in total. The molecule has 1 atom stereocenters. The van der Waals surface area contributed by atoms with Crippen molar-refractivity contribution in [1.82, 2.24) is 9.55 Å². The number of aromatic nitrogens is 2. The summed E-state index contributed by atoms with van der Waals surface area (Å²) in [5.74, 6) is 0. The summed E-state index contributed by atoms with van der Waals surface area (Å²) in [6.45, 7) is 7.12. The first-order chi connectivity index (χ1) is 10.1. The molecule has 0 saturated carbocycles. The van der Waals surface area contributed by atoms with E-state index in [1.807, 2.05) is 12.5 Å². The number of allylic oxidation sites excluding steroid dienone is 1. The number of hydrogen-bond acceptors (Lipinski definition) is 2. The summed E-state index contributed by atoms with van der Waals surface area (Å²) in [7, 11) is 0. The van der Waals surface area contributed by atoms with Gasteiger partial charge in [-0.25, -0.2) is 4.98 Å². The van der Waals surface area contributed by atoms with Gasteiger partial charge >= 0.3 is 0 Å². The fourth-order valence-electron chi connectivity index (χ4n) is 3.03. The smallest absolute Gasteiger partial charge is 0.0957 e. The van der Waals surface area contributed by atoms with Crippen molar-refractivity contribution in [2.45, 2.75) is 45.4 Å². The lowest BCUT2D eigenvalue weighted by Gasteiger charge is -2.41. The second kappa shape index (κ2) is 5.49. The van der Waals surface area contributed by atoms with Gasteiger partial charge in [-0.1, -0.05) is 37.3 Å². The highest BCUT2D eigenvalue weighted by molar-refractivity contribution is 5.46. The molecule has 0 radical (unpaired) electrons. The summed E-state index contributed by atoms with van der Waals surface area (Å²) in [5.41, 5.74) is 3.46. The molecular weight excluding hydrogens is 260 g/mol. The molecule has 0 aliphatic carbocycles. The first-order valence-electron chi connectivity index (χ1n) is 7.53. The van der Waals surface area contributed by atoms with Gasteiger partial charge in [0.1, 0.15) is 0 Å². The second-order valence-electron chi connectivity index (χ2n) is 6.03. The third-order valence-corrected chi connectivity index (χ3v) is 4.11. The summed E-state index contributed by atoms with van der Waals surface area (Å²) in [6.07, 6.45) is 9.15. The molecular formula is C18H22N2O. The van der Waals surface area contributed by atoms with E-state index in [2.05, 4.69) is 66.7 Å². The Morgan fingerprint density at radius 1 is 1.38 bits per heavy atom. The second-order valence-corrected chi connectivity index (χ2v) is 6.03. The van der Waals surface area contributed by atoms with Gasteiger partial charge in [0.15, 0.2) is 0 Å². The predicted octanol–water partition coefficient (Wildman–Crippen LogP) is 4.20. The number of nitrogens with zero attached hydrogens (tertiary/aromatic N) is 2. The Balaban J connectivity index is 2.11. The van der Waals surface area contributed by atoms with E-state index in [0.29, 0.717) is 6.61 Å². The maximum atomic E-state index is 6.11. The summed E-state index contributed by atoms with van der Waals surface area (Å²) in [5, 5.41) is 0. The lowest BCUT2D eigenvalue weighted by atomic mass is 9.86. The summed E-state index contributed by atoms with van der Waals surface area (Å²) < 4.78 is 8.34. The van der Waals surface area contributed by atoms with Crippen LogP contribution < -0.4 is 0 Å². The van der Waals surface area contributed by atoms with Crippen LogP contribution in [0.25, 0.3) is 6.08 Å². The standard InChI is InChI=1S/C18H22N2O/c1-4-5-9-15-11-19-13-20(15)17-16-10-7-6-8-14(16)12-21-18(17,2)3/h5-11,13,17H,4,12H2,1-3H3. The van der Waals surface area contributed by atoms with Crippen LogP contribution in [0.1, 0.15) is 50.1 Å². The van der Waals surface area contributed by atoms with Crippen LogP contribution in [0.5, 0.6) is 0 Å². The first-order valence-corrected chi connectivity index (χ1v) is 7.53. The molecule has 3 nitrogen and oxygen atoms in total. The van der Waals surface area contributed by atoms with Crippen molar-refractivity contribution in [3.63, 3.8) is 0 Å². The number of imidazole rings is 1. The molecule has 21 heavy (non-hydrogen) atoms. The zero-order valence-corrected chi connectivity index (χ0v) is 12.9. The Kier molecular flexibility index (Phi) is 3.68. The van der Waals surface area contributed by atoms with Crippen LogP contribution >= 0.6 is 0 Å². The van der Waals surface area contributed by atoms with Gasteiger partial charge in [0.2, 0.25) is 0 Å². The number of hydrogen-bond donors (Lipinski definition) is 0. The Bertz CT molecular complexity index is 655. The van der Waals surface area contributed by atoms with Crippen molar-refractivity contribution in [2.75, 3.05) is 0 Å².